The van der Waals surface area contributed by atoms with E-state index in [0.717, 1.165) is 49.4 Å². The van der Waals surface area contributed by atoms with Crippen LogP contribution in [0.4, 0.5) is 0 Å². The molecule has 5 nitrogen and oxygen atoms in total. The minimum absolute atomic E-state index is 0.284. The van der Waals surface area contributed by atoms with Crippen molar-refractivity contribution >= 4 is 5.91 Å². The molecule has 0 aromatic carbocycles. The Morgan fingerprint density at radius 2 is 1.88 bits per heavy atom. The summed E-state index contributed by atoms with van der Waals surface area (Å²) in [7, 11) is 0. The van der Waals surface area contributed by atoms with Crippen molar-refractivity contribution in [3.63, 3.8) is 0 Å². The van der Waals surface area contributed by atoms with Gasteiger partial charge in [0.1, 0.15) is 11.5 Å². The summed E-state index contributed by atoms with van der Waals surface area (Å²) in [6.07, 6.45) is 7.16. The van der Waals surface area contributed by atoms with Crippen LogP contribution in [0.25, 0.3) is 0 Å². The molecule has 1 amide bonds. The van der Waals surface area contributed by atoms with Gasteiger partial charge in [-0.2, -0.15) is 0 Å². The number of hydrogen-bond donors (Lipinski definition) is 0. The molecule has 2 saturated heterocycles. The smallest absolute Gasteiger partial charge is 0.223 e. The maximum atomic E-state index is 12.5. The molecule has 2 aromatic rings. The largest absolute Gasteiger partial charge is 0.465 e. The molecule has 0 N–H and O–H groups in total. The third-order valence-corrected chi connectivity index (χ3v) is 5.53. The molecule has 0 spiro atoms. The molecule has 0 saturated carbocycles. The lowest BCUT2D eigenvalue weighted by atomic mass is 9.95. The first-order valence-electron chi connectivity index (χ1n) is 9.24. The van der Waals surface area contributed by atoms with Crippen molar-refractivity contribution in [3.8, 4) is 0 Å². The summed E-state index contributed by atoms with van der Waals surface area (Å²) in [5, 5.41) is 0. The average molecular weight is 339 g/mol. The van der Waals surface area contributed by atoms with Crippen molar-refractivity contribution in [2.24, 2.45) is 0 Å². The minimum Gasteiger partial charge on any atom is -0.465 e. The van der Waals surface area contributed by atoms with Gasteiger partial charge in [0.25, 0.3) is 0 Å². The zero-order chi connectivity index (χ0) is 17.2. The van der Waals surface area contributed by atoms with Gasteiger partial charge < -0.3 is 9.32 Å². The second-order valence-corrected chi connectivity index (χ2v) is 7.03. The van der Waals surface area contributed by atoms with Gasteiger partial charge in [-0.3, -0.25) is 14.7 Å². The molecule has 2 aliphatic heterocycles. The van der Waals surface area contributed by atoms with Crippen LogP contribution in [0, 0.1) is 0 Å². The number of likely N-dealkylation sites (tertiary alicyclic amines) is 2. The molecule has 0 aliphatic carbocycles. The topological polar surface area (TPSA) is 49.6 Å². The van der Waals surface area contributed by atoms with Crippen LogP contribution in [0.2, 0.25) is 0 Å². The van der Waals surface area contributed by atoms with Gasteiger partial charge in [-0.1, -0.05) is 6.92 Å². The van der Waals surface area contributed by atoms with E-state index in [1.165, 1.54) is 0 Å². The number of aryl methyl sites for hydroxylation is 1. The summed E-state index contributed by atoms with van der Waals surface area (Å²) in [6, 6.07) is 8.92. The molecule has 0 unspecified atom stereocenters. The van der Waals surface area contributed by atoms with E-state index in [-0.39, 0.29) is 5.91 Å². The first kappa shape index (κ1) is 16.3. The van der Waals surface area contributed by atoms with E-state index in [0.29, 0.717) is 25.0 Å². The van der Waals surface area contributed by atoms with Crippen LogP contribution in [-0.2, 0) is 24.3 Å². The fraction of sp³-hybridized carbons (Fsp3) is 0.500. The first-order valence-corrected chi connectivity index (χ1v) is 9.24. The van der Waals surface area contributed by atoms with Gasteiger partial charge in [0.15, 0.2) is 0 Å². The summed E-state index contributed by atoms with van der Waals surface area (Å²) in [5.74, 6) is 2.37. The first-order chi connectivity index (χ1) is 12.2. The number of aromatic nitrogens is 1. The van der Waals surface area contributed by atoms with Crippen LogP contribution in [0.1, 0.15) is 43.3 Å². The van der Waals surface area contributed by atoms with E-state index in [1.807, 2.05) is 12.1 Å². The van der Waals surface area contributed by atoms with Crippen LogP contribution in [0.5, 0.6) is 0 Å². The number of piperidine rings is 1. The predicted molar refractivity (Wildman–Crippen MR) is 94.7 cm³/mol. The van der Waals surface area contributed by atoms with Crippen molar-refractivity contribution < 1.29 is 9.21 Å². The van der Waals surface area contributed by atoms with Crippen molar-refractivity contribution in [1.29, 1.82) is 0 Å². The maximum absolute atomic E-state index is 12.5. The number of carbonyl (C=O) groups is 1. The van der Waals surface area contributed by atoms with E-state index in [4.69, 9.17) is 4.42 Å². The highest BCUT2D eigenvalue weighted by Gasteiger charge is 2.43. The van der Waals surface area contributed by atoms with Gasteiger partial charge in [0, 0.05) is 50.4 Å². The van der Waals surface area contributed by atoms with E-state index in [9.17, 15) is 4.79 Å². The van der Waals surface area contributed by atoms with Gasteiger partial charge in [0.2, 0.25) is 5.91 Å². The Balaban J connectivity index is 1.47. The minimum atomic E-state index is 0.284. The van der Waals surface area contributed by atoms with Crippen LogP contribution in [0.15, 0.2) is 41.1 Å². The van der Waals surface area contributed by atoms with Crippen molar-refractivity contribution in [2.45, 2.75) is 57.8 Å². The Morgan fingerprint density at radius 1 is 1.08 bits per heavy atom. The number of furan rings is 1. The highest BCUT2D eigenvalue weighted by atomic mass is 16.3. The normalized spacial score (nSPS) is 23.9. The number of hydrogen-bond acceptors (Lipinski definition) is 4. The number of carbonyl (C=O) groups excluding carboxylic acids is 1. The SMILES string of the molecule is CCc1ccc(CN2CC[C@H]3[C@@H]2CCC(=O)N3Cc2ccncc2)o1. The highest BCUT2D eigenvalue weighted by molar-refractivity contribution is 5.77. The molecule has 2 aliphatic rings. The fourth-order valence-corrected chi connectivity index (χ4v) is 4.22. The lowest BCUT2D eigenvalue weighted by Crippen LogP contribution is -2.51. The Labute approximate surface area is 148 Å². The number of pyridine rings is 1. The Hall–Kier alpha value is -2.14. The fourth-order valence-electron chi connectivity index (χ4n) is 4.22. The molecular weight excluding hydrogens is 314 g/mol. The lowest BCUT2D eigenvalue weighted by molar-refractivity contribution is -0.138. The van der Waals surface area contributed by atoms with E-state index >= 15 is 0 Å². The van der Waals surface area contributed by atoms with E-state index in [2.05, 4.69) is 33.8 Å². The van der Waals surface area contributed by atoms with Gasteiger partial charge >= 0.3 is 0 Å². The molecule has 0 radical (unpaired) electrons. The molecule has 5 heteroatoms. The standard InChI is InChI=1S/C20H25N3O2/c1-2-16-3-4-17(25-16)14-22-12-9-19-18(22)5-6-20(24)23(19)13-15-7-10-21-11-8-15/h3-4,7-8,10-11,18-19H,2,5-6,9,12-14H2,1H3/t18-,19-/m0/s1. The summed E-state index contributed by atoms with van der Waals surface area (Å²) in [6.45, 7) is 4.67. The molecule has 4 heterocycles. The molecule has 4 rings (SSSR count). The van der Waals surface area contributed by atoms with Gasteiger partial charge in [-0.15, -0.1) is 0 Å². The van der Waals surface area contributed by atoms with Crippen molar-refractivity contribution in [3.05, 3.63) is 53.7 Å². The second-order valence-electron chi connectivity index (χ2n) is 7.03. The Bertz CT molecular complexity index is 728. The van der Waals surface area contributed by atoms with E-state index in [1.54, 1.807) is 12.4 Å². The lowest BCUT2D eigenvalue weighted by Gasteiger charge is -2.39. The molecule has 2 aromatic heterocycles. The van der Waals surface area contributed by atoms with Crippen molar-refractivity contribution in [1.82, 2.24) is 14.8 Å². The third-order valence-electron chi connectivity index (χ3n) is 5.53. The highest BCUT2D eigenvalue weighted by Crippen LogP contribution is 2.33. The summed E-state index contributed by atoms with van der Waals surface area (Å²) >= 11 is 0. The van der Waals surface area contributed by atoms with Crippen LogP contribution in [0.3, 0.4) is 0 Å². The van der Waals surface area contributed by atoms with Gasteiger partial charge in [0.05, 0.1) is 6.54 Å². The van der Waals surface area contributed by atoms with Crippen molar-refractivity contribution in [2.75, 3.05) is 6.54 Å². The zero-order valence-electron chi connectivity index (χ0n) is 14.7. The van der Waals surface area contributed by atoms with Crippen LogP contribution < -0.4 is 0 Å². The quantitative estimate of drug-likeness (QED) is 0.840. The molecular formula is C20H25N3O2. The zero-order valence-corrected chi connectivity index (χ0v) is 14.7. The summed E-state index contributed by atoms with van der Waals surface area (Å²) < 4.78 is 5.89. The number of amides is 1. The predicted octanol–water partition coefficient (Wildman–Crippen LogP) is 3.00. The summed E-state index contributed by atoms with van der Waals surface area (Å²) in [5.41, 5.74) is 1.15. The number of rotatable bonds is 5. The maximum Gasteiger partial charge on any atom is 0.223 e. The van der Waals surface area contributed by atoms with Crippen LogP contribution >= 0.6 is 0 Å². The average Bonchev–Trinajstić information content (AvgIpc) is 3.26. The molecule has 2 fully saturated rings. The Kier molecular flexibility index (Phi) is 4.57. The van der Waals surface area contributed by atoms with Gasteiger partial charge in [-0.25, -0.2) is 0 Å². The third kappa shape index (κ3) is 3.33. The molecule has 25 heavy (non-hydrogen) atoms. The Morgan fingerprint density at radius 3 is 2.64 bits per heavy atom. The van der Waals surface area contributed by atoms with E-state index < -0.39 is 0 Å². The second kappa shape index (κ2) is 7.00. The molecule has 132 valence electrons. The number of fused-ring (bicyclic) bond motifs is 1. The van der Waals surface area contributed by atoms with Gasteiger partial charge in [-0.05, 0) is 42.7 Å². The van der Waals surface area contributed by atoms with Crippen LogP contribution in [-0.4, -0.2) is 39.3 Å². The molecule has 0 bridgehead atoms. The number of nitrogens with zero attached hydrogens (tertiary/aromatic N) is 3. The monoisotopic (exact) mass is 339 g/mol. The summed E-state index contributed by atoms with van der Waals surface area (Å²) in [4.78, 5) is 21.2. The molecule has 2 atom stereocenters.